The first kappa shape index (κ1) is 24.8. The van der Waals surface area contributed by atoms with Gasteiger partial charge in [-0.25, -0.2) is 4.68 Å². The summed E-state index contributed by atoms with van der Waals surface area (Å²) in [6.45, 7) is 4.18. The molecule has 0 saturated heterocycles. The van der Waals surface area contributed by atoms with Crippen molar-refractivity contribution in [2.45, 2.75) is 43.6 Å². The summed E-state index contributed by atoms with van der Waals surface area (Å²) < 4.78 is 12.7. The summed E-state index contributed by atoms with van der Waals surface area (Å²) in [6, 6.07) is 11.6. The summed E-state index contributed by atoms with van der Waals surface area (Å²) in [7, 11) is 3.16. The molecule has 3 aromatic rings. The molecule has 5 rings (SSSR count). The van der Waals surface area contributed by atoms with E-state index in [4.69, 9.17) is 19.6 Å². The number of methoxy groups -OCH3 is 2. The molecule has 1 aliphatic carbocycles. The lowest BCUT2D eigenvalue weighted by molar-refractivity contribution is -0.384. The minimum Gasteiger partial charge on any atom is -0.493 e. The van der Waals surface area contributed by atoms with Crippen LogP contribution in [-0.2, 0) is 10.5 Å². The molecule has 192 valence electrons. The molecule has 0 saturated carbocycles. The van der Waals surface area contributed by atoms with E-state index >= 15 is 0 Å². The summed E-state index contributed by atoms with van der Waals surface area (Å²) in [6.07, 6.45) is 1.17. The second-order valence-corrected chi connectivity index (χ2v) is 10.8. The third kappa shape index (κ3) is 4.78. The number of nitro groups is 1. The van der Waals surface area contributed by atoms with Gasteiger partial charge < -0.3 is 14.8 Å². The van der Waals surface area contributed by atoms with Crippen LogP contribution in [0.15, 0.2) is 58.9 Å². The van der Waals surface area contributed by atoms with Crippen molar-refractivity contribution < 1.29 is 19.2 Å². The summed E-state index contributed by atoms with van der Waals surface area (Å²) >= 11 is 1.43. The minimum atomic E-state index is -0.462. The number of Topliss-reactive ketones (excluding diaryl/α,β-unsaturated/α-hetero) is 1. The quantitative estimate of drug-likeness (QED) is 0.255. The SMILES string of the molecule is COc1ccc([C@@H]2C3=C(CC(C)(C)CC3=O)Nc3nc(SCc4ccc([N+](=O)[O-])cc4)nn32)cc1OC. The zero-order valence-electron chi connectivity index (χ0n) is 21.0. The van der Waals surface area contributed by atoms with Gasteiger partial charge in [-0.2, -0.15) is 4.98 Å². The first-order valence-electron chi connectivity index (χ1n) is 11.8. The van der Waals surface area contributed by atoms with Crippen molar-refractivity contribution >= 4 is 29.2 Å². The van der Waals surface area contributed by atoms with Gasteiger partial charge in [0.15, 0.2) is 17.3 Å². The highest BCUT2D eigenvalue weighted by atomic mass is 32.2. The number of anilines is 1. The largest absolute Gasteiger partial charge is 0.493 e. The van der Waals surface area contributed by atoms with Gasteiger partial charge in [-0.05, 0) is 35.1 Å². The second-order valence-electron chi connectivity index (χ2n) is 9.85. The van der Waals surface area contributed by atoms with E-state index in [-0.39, 0.29) is 16.9 Å². The topological polar surface area (TPSA) is 121 Å². The van der Waals surface area contributed by atoms with Crippen LogP contribution in [0.5, 0.6) is 11.5 Å². The lowest BCUT2D eigenvalue weighted by Gasteiger charge is -2.38. The fraction of sp³-hybridized carbons (Fsp3) is 0.346. The fourth-order valence-corrected chi connectivity index (χ4v) is 5.63. The first-order valence-corrected chi connectivity index (χ1v) is 12.8. The van der Waals surface area contributed by atoms with Gasteiger partial charge in [0.05, 0.1) is 19.1 Å². The number of hydrogen-bond donors (Lipinski definition) is 1. The van der Waals surface area contributed by atoms with Crippen molar-refractivity contribution in [1.29, 1.82) is 0 Å². The monoisotopic (exact) mass is 521 g/mol. The number of fused-ring (bicyclic) bond motifs is 1. The number of benzene rings is 2. The third-order valence-corrected chi connectivity index (χ3v) is 7.46. The third-order valence-electron chi connectivity index (χ3n) is 6.55. The average Bonchev–Trinajstić information content (AvgIpc) is 3.27. The normalized spacial score (nSPS) is 18.1. The highest BCUT2D eigenvalue weighted by molar-refractivity contribution is 7.98. The average molecular weight is 522 g/mol. The number of carbonyl (C=O) groups is 1. The smallest absolute Gasteiger partial charge is 0.269 e. The van der Waals surface area contributed by atoms with Crippen LogP contribution in [0.25, 0.3) is 0 Å². The van der Waals surface area contributed by atoms with Crippen molar-refractivity contribution in [1.82, 2.24) is 14.8 Å². The van der Waals surface area contributed by atoms with E-state index in [0.717, 1.165) is 23.2 Å². The molecule has 1 atom stereocenters. The Kier molecular flexibility index (Phi) is 6.40. The number of thioether (sulfide) groups is 1. The van der Waals surface area contributed by atoms with Gasteiger partial charge in [0.1, 0.15) is 6.04 Å². The lowest BCUT2D eigenvalue weighted by atomic mass is 9.73. The number of nitrogens with one attached hydrogen (secondary N) is 1. The Bertz CT molecular complexity index is 1410. The Morgan fingerprint density at radius 1 is 1.14 bits per heavy atom. The molecule has 0 spiro atoms. The Hall–Kier alpha value is -3.86. The van der Waals surface area contributed by atoms with Gasteiger partial charge >= 0.3 is 0 Å². The van der Waals surface area contributed by atoms with Crippen molar-refractivity contribution in [2.24, 2.45) is 5.41 Å². The maximum atomic E-state index is 13.4. The highest BCUT2D eigenvalue weighted by Crippen LogP contribution is 2.46. The number of non-ortho nitro benzene ring substituents is 1. The second kappa shape index (κ2) is 9.55. The number of hydrogen-bond acceptors (Lipinski definition) is 9. The van der Waals surface area contributed by atoms with E-state index in [1.54, 1.807) is 31.0 Å². The van der Waals surface area contributed by atoms with Crippen LogP contribution >= 0.6 is 11.8 Å². The predicted octanol–water partition coefficient (Wildman–Crippen LogP) is 5.15. The van der Waals surface area contributed by atoms with Crippen LogP contribution in [0, 0.1) is 15.5 Å². The van der Waals surface area contributed by atoms with Crippen LogP contribution in [0.2, 0.25) is 0 Å². The molecule has 0 fully saturated rings. The fourth-order valence-electron chi connectivity index (χ4n) is 4.84. The number of ether oxygens (including phenoxy) is 2. The molecule has 10 nitrogen and oxygen atoms in total. The number of rotatable bonds is 7. The Morgan fingerprint density at radius 3 is 2.54 bits per heavy atom. The molecule has 1 N–H and O–H groups in total. The van der Waals surface area contributed by atoms with E-state index in [1.165, 1.54) is 23.9 Å². The van der Waals surface area contributed by atoms with E-state index in [1.807, 2.05) is 18.2 Å². The number of nitro benzene ring substituents is 1. The number of carbonyl (C=O) groups excluding carboxylic acids is 1. The molecule has 0 amide bonds. The van der Waals surface area contributed by atoms with Gasteiger partial charge in [-0.3, -0.25) is 14.9 Å². The summed E-state index contributed by atoms with van der Waals surface area (Å²) in [5.74, 6) is 2.36. The maximum absolute atomic E-state index is 13.4. The summed E-state index contributed by atoms with van der Waals surface area (Å²) in [4.78, 5) is 28.7. The minimum absolute atomic E-state index is 0.0514. The van der Waals surface area contributed by atoms with Crippen molar-refractivity contribution in [3.05, 3.63) is 75.0 Å². The molecule has 2 aromatic carbocycles. The van der Waals surface area contributed by atoms with Gasteiger partial charge in [0, 0.05) is 35.6 Å². The Labute approximate surface area is 218 Å². The van der Waals surface area contributed by atoms with Gasteiger partial charge in [-0.1, -0.05) is 43.8 Å². The molecule has 2 heterocycles. The van der Waals surface area contributed by atoms with Gasteiger partial charge in [0.2, 0.25) is 11.1 Å². The highest BCUT2D eigenvalue weighted by Gasteiger charge is 2.42. The van der Waals surface area contributed by atoms with E-state index < -0.39 is 11.0 Å². The van der Waals surface area contributed by atoms with Crippen LogP contribution in [0.1, 0.15) is 43.9 Å². The molecule has 0 bridgehead atoms. The van der Waals surface area contributed by atoms with Crippen LogP contribution in [0.3, 0.4) is 0 Å². The predicted molar refractivity (Wildman–Crippen MR) is 139 cm³/mol. The zero-order valence-corrected chi connectivity index (χ0v) is 21.8. The summed E-state index contributed by atoms with van der Waals surface area (Å²) in [5, 5.41) is 19.6. The van der Waals surface area contributed by atoms with Crippen molar-refractivity contribution in [2.75, 3.05) is 19.5 Å². The molecule has 2 aliphatic rings. The molecule has 1 aromatic heterocycles. The van der Waals surface area contributed by atoms with E-state index in [0.29, 0.717) is 40.4 Å². The maximum Gasteiger partial charge on any atom is 0.269 e. The van der Waals surface area contributed by atoms with Crippen LogP contribution < -0.4 is 14.8 Å². The Morgan fingerprint density at radius 2 is 1.86 bits per heavy atom. The molecule has 0 radical (unpaired) electrons. The molecule has 11 heteroatoms. The zero-order chi connectivity index (χ0) is 26.3. The van der Waals surface area contributed by atoms with E-state index in [9.17, 15) is 14.9 Å². The molecule has 1 aliphatic heterocycles. The molecular weight excluding hydrogens is 494 g/mol. The van der Waals surface area contributed by atoms with Crippen molar-refractivity contribution in [3.8, 4) is 11.5 Å². The van der Waals surface area contributed by atoms with Crippen molar-refractivity contribution in [3.63, 3.8) is 0 Å². The molecule has 37 heavy (non-hydrogen) atoms. The number of allylic oxidation sites excluding steroid dienone is 2. The standard InChI is InChI=1S/C26H27N5O5S/c1-26(2)12-18-22(19(32)13-26)23(16-7-10-20(35-3)21(11-16)36-4)30-24(27-18)28-25(29-30)37-14-15-5-8-17(9-6-15)31(33)34/h5-11,23H,12-14H2,1-4H3,(H,27,28,29)/t23-/m1/s1. The van der Waals surface area contributed by atoms with Gasteiger partial charge in [0.25, 0.3) is 5.69 Å². The molecular formula is C26H27N5O5S. The Balaban J connectivity index is 1.51. The first-order chi connectivity index (χ1) is 17.7. The summed E-state index contributed by atoms with van der Waals surface area (Å²) in [5.41, 5.74) is 3.21. The van der Waals surface area contributed by atoms with Gasteiger partial charge in [-0.15, -0.1) is 5.10 Å². The van der Waals surface area contributed by atoms with Crippen LogP contribution in [0.4, 0.5) is 11.6 Å². The number of aromatic nitrogens is 3. The van der Waals surface area contributed by atoms with Crippen LogP contribution in [-0.4, -0.2) is 39.7 Å². The number of nitrogens with zero attached hydrogens (tertiary/aromatic N) is 4. The number of ketones is 1. The molecule has 0 unspecified atom stereocenters. The van der Waals surface area contributed by atoms with E-state index in [2.05, 4.69) is 19.2 Å². The lowest BCUT2D eigenvalue weighted by Crippen LogP contribution is -2.36.